The molecule has 0 aliphatic rings. The molecule has 4 aromatic rings. The van der Waals surface area contributed by atoms with E-state index >= 15 is 0 Å². The number of amides is 1. The smallest absolute Gasteiger partial charge is 0.240 e. The first-order valence-corrected chi connectivity index (χ1v) is 9.16. The summed E-state index contributed by atoms with van der Waals surface area (Å²) in [5.74, 6) is -0.100. The molecule has 0 saturated carbocycles. The minimum atomic E-state index is -0.298. The normalized spacial score (nSPS) is 12.3. The minimum absolute atomic E-state index is 0.0895. The number of aliphatic hydroxyl groups is 1. The van der Waals surface area contributed by atoms with Crippen LogP contribution in [-0.2, 0) is 17.8 Å². The van der Waals surface area contributed by atoms with Crippen molar-refractivity contribution in [1.82, 2.24) is 9.88 Å². The quantitative estimate of drug-likeness (QED) is 0.554. The number of fused-ring (bicyclic) bond motifs is 3. The van der Waals surface area contributed by atoms with Crippen LogP contribution in [-0.4, -0.2) is 28.2 Å². The molecule has 0 spiro atoms. The van der Waals surface area contributed by atoms with E-state index in [9.17, 15) is 9.90 Å². The van der Waals surface area contributed by atoms with Gasteiger partial charge >= 0.3 is 0 Å². The summed E-state index contributed by atoms with van der Waals surface area (Å²) in [4.78, 5) is 12.7. The zero-order chi connectivity index (χ0) is 18.6. The van der Waals surface area contributed by atoms with Gasteiger partial charge in [0.15, 0.2) is 0 Å². The molecule has 1 amide bonds. The zero-order valence-electron chi connectivity index (χ0n) is 15.0. The number of para-hydroxylation sites is 2. The molecule has 3 aromatic carbocycles. The van der Waals surface area contributed by atoms with Gasteiger partial charge in [0, 0.05) is 21.8 Å². The highest BCUT2D eigenvalue weighted by Gasteiger charge is 2.16. The Bertz CT molecular complexity index is 1020. The Kier molecular flexibility index (Phi) is 4.90. The van der Waals surface area contributed by atoms with E-state index < -0.39 is 0 Å². The average Bonchev–Trinajstić information content (AvgIpc) is 3.02. The maximum Gasteiger partial charge on any atom is 0.240 e. The molecule has 4 heteroatoms. The van der Waals surface area contributed by atoms with Crippen LogP contribution in [0.25, 0.3) is 21.8 Å². The first-order chi connectivity index (χ1) is 13.3. The van der Waals surface area contributed by atoms with Gasteiger partial charge in [0.25, 0.3) is 0 Å². The summed E-state index contributed by atoms with van der Waals surface area (Å²) in [6, 6.07) is 25.8. The molecular weight excluding hydrogens is 336 g/mol. The topological polar surface area (TPSA) is 54.3 Å². The molecule has 1 atom stereocenters. The Hall–Kier alpha value is -3.11. The van der Waals surface area contributed by atoms with Gasteiger partial charge in [-0.05, 0) is 24.1 Å². The molecule has 136 valence electrons. The molecule has 0 radical (unpaired) electrons. The summed E-state index contributed by atoms with van der Waals surface area (Å²) in [7, 11) is 0. The highest BCUT2D eigenvalue weighted by molar-refractivity contribution is 6.08. The summed E-state index contributed by atoms with van der Waals surface area (Å²) in [6.45, 7) is 0.132. The van der Waals surface area contributed by atoms with Gasteiger partial charge in [0.1, 0.15) is 6.54 Å². The van der Waals surface area contributed by atoms with Crippen LogP contribution in [0.1, 0.15) is 5.56 Å². The predicted octanol–water partition coefficient (Wildman–Crippen LogP) is 3.51. The van der Waals surface area contributed by atoms with Crippen molar-refractivity contribution < 1.29 is 9.90 Å². The average molecular weight is 358 g/mol. The maximum absolute atomic E-state index is 12.7. The van der Waals surface area contributed by atoms with Gasteiger partial charge in [-0.2, -0.15) is 0 Å². The Balaban J connectivity index is 1.57. The van der Waals surface area contributed by atoms with Gasteiger partial charge < -0.3 is 15.0 Å². The number of hydrogen-bond acceptors (Lipinski definition) is 2. The number of hydrogen-bond donors (Lipinski definition) is 2. The van der Waals surface area contributed by atoms with Crippen molar-refractivity contribution in [3.63, 3.8) is 0 Å². The van der Waals surface area contributed by atoms with Gasteiger partial charge in [0.2, 0.25) is 5.91 Å². The van der Waals surface area contributed by atoms with Crippen LogP contribution in [0, 0.1) is 0 Å². The monoisotopic (exact) mass is 358 g/mol. The lowest BCUT2D eigenvalue weighted by Crippen LogP contribution is -2.40. The number of carbonyl (C=O) groups is 1. The second-order valence-corrected chi connectivity index (χ2v) is 6.76. The van der Waals surface area contributed by atoms with E-state index in [-0.39, 0.29) is 25.1 Å². The number of rotatable bonds is 6. The lowest BCUT2D eigenvalue weighted by atomic mass is 10.1. The molecule has 0 aliphatic carbocycles. The second-order valence-electron chi connectivity index (χ2n) is 6.76. The maximum atomic E-state index is 12.7. The van der Waals surface area contributed by atoms with E-state index in [1.54, 1.807) is 0 Å². The Morgan fingerprint density at radius 1 is 0.852 bits per heavy atom. The van der Waals surface area contributed by atoms with E-state index in [1.807, 2.05) is 71.3 Å². The van der Waals surface area contributed by atoms with Crippen LogP contribution in [0.15, 0.2) is 78.9 Å². The molecule has 1 aromatic heterocycles. The highest BCUT2D eigenvalue weighted by Crippen LogP contribution is 2.28. The molecule has 4 nitrogen and oxygen atoms in total. The SMILES string of the molecule is O=C(Cn1c2ccccc2c2ccccc21)N[C@@H](CO)Cc1ccccc1. The first-order valence-electron chi connectivity index (χ1n) is 9.16. The van der Waals surface area contributed by atoms with Crippen molar-refractivity contribution in [2.75, 3.05) is 6.61 Å². The predicted molar refractivity (Wildman–Crippen MR) is 109 cm³/mol. The summed E-state index contributed by atoms with van der Waals surface area (Å²) >= 11 is 0. The van der Waals surface area contributed by atoms with E-state index in [0.29, 0.717) is 6.42 Å². The molecule has 0 saturated heterocycles. The third kappa shape index (κ3) is 3.57. The molecule has 0 bridgehead atoms. The first kappa shape index (κ1) is 17.3. The number of aliphatic hydroxyl groups excluding tert-OH is 1. The number of aromatic nitrogens is 1. The van der Waals surface area contributed by atoms with E-state index in [2.05, 4.69) is 17.4 Å². The molecule has 0 fully saturated rings. The van der Waals surface area contributed by atoms with Crippen LogP contribution in [0.5, 0.6) is 0 Å². The van der Waals surface area contributed by atoms with Crippen LogP contribution < -0.4 is 5.32 Å². The Morgan fingerprint density at radius 2 is 1.41 bits per heavy atom. The van der Waals surface area contributed by atoms with E-state index in [0.717, 1.165) is 27.4 Å². The Morgan fingerprint density at radius 3 is 2.00 bits per heavy atom. The van der Waals surface area contributed by atoms with Crippen molar-refractivity contribution in [3.05, 3.63) is 84.4 Å². The minimum Gasteiger partial charge on any atom is -0.394 e. The number of benzene rings is 3. The van der Waals surface area contributed by atoms with Gasteiger partial charge in [-0.3, -0.25) is 4.79 Å². The Labute approximate surface area is 158 Å². The van der Waals surface area contributed by atoms with Crippen molar-refractivity contribution >= 4 is 27.7 Å². The van der Waals surface area contributed by atoms with Gasteiger partial charge in [-0.1, -0.05) is 66.7 Å². The second kappa shape index (κ2) is 7.64. The molecule has 0 aliphatic heterocycles. The van der Waals surface area contributed by atoms with E-state index in [1.165, 1.54) is 0 Å². The highest BCUT2D eigenvalue weighted by atomic mass is 16.3. The van der Waals surface area contributed by atoms with E-state index in [4.69, 9.17) is 0 Å². The van der Waals surface area contributed by atoms with Gasteiger partial charge in [-0.25, -0.2) is 0 Å². The summed E-state index contributed by atoms with van der Waals surface area (Å²) in [5, 5.41) is 14.9. The van der Waals surface area contributed by atoms with Crippen LogP contribution in [0.2, 0.25) is 0 Å². The lowest BCUT2D eigenvalue weighted by molar-refractivity contribution is -0.122. The lowest BCUT2D eigenvalue weighted by Gasteiger charge is -2.17. The molecule has 2 N–H and O–H groups in total. The van der Waals surface area contributed by atoms with Crippen molar-refractivity contribution in [2.45, 2.75) is 19.0 Å². The van der Waals surface area contributed by atoms with Crippen molar-refractivity contribution in [1.29, 1.82) is 0 Å². The van der Waals surface area contributed by atoms with Crippen LogP contribution in [0.3, 0.4) is 0 Å². The molecular formula is C23H22N2O2. The molecule has 27 heavy (non-hydrogen) atoms. The summed E-state index contributed by atoms with van der Waals surface area (Å²) in [5.41, 5.74) is 3.17. The van der Waals surface area contributed by atoms with Crippen molar-refractivity contribution in [3.8, 4) is 0 Å². The van der Waals surface area contributed by atoms with Gasteiger partial charge in [-0.15, -0.1) is 0 Å². The fourth-order valence-electron chi connectivity index (χ4n) is 3.65. The third-order valence-corrected chi connectivity index (χ3v) is 4.89. The fourth-order valence-corrected chi connectivity index (χ4v) is 3.65. The number of nitrogens with one attached hydrogen (secondary N) is 1. The zero-order valence-corrected chi connectivity index (χ0v) is 15.0. The standard InChI is InChI=1S/C23H22N2O2/c26-16-18(14-17-8-2-1-3-9-17)24-23(27)15-25-21-12-6-4-10-19(21)20-11-5-7-13-22(20)25/h1-13,18,26H,14-16H2,(H,24,27)/t18-/m1/s1. The molecule has 4 rings (SSSR count). The fraction of sp³-hybridized carbons (Fsp3) is 0.174. The summed E-state index contributed by atoms with van der Waals surface area (Å²) < 4.78 is 2.04. The number of nitrogens with zero attached hydrogens (tertiary/aromatic N) is 1. The molecule has 1 heterocycles. The van der Waals surface area contributed by atoms with Crippen LogP contribution >= 0.6 is 0 Å². The number of carbonyl (C=O) groups excluding carboxylic acids is 1. The molecule has 0 unspecified atom stereocenters. The summed E-state index contributed by atoms with van der Waals surface area (Å²) in [6.07, 6.45) is 0.607. The van der Waals surface area contributed by atoms with Gasteiger partial charge in [0.05, 0.1) is 12.6 Å². The van der Waals surface area contributed by atoms with Crippen LogP contribution in [0.4, 0.5) is 0 Å². The third-order valence-electron chi connectivity index (χ3n) is 4.89. The largest absolute Gasteiger partial charge is 0.394 e. The van der Waals surface area contributed by atoms with Crippen molar-refractivity contribution in [2.24, 2.45) is 0 Å².